The lowest BCUT2D eigenvalue weighted by molar-refractivity contribution is 0.298. The maximum absolute atomic E-state index is 5.85. The van der Waals surface area contributed by atoms with E-state index in [4.69, 9.17) is 4.74 Å². The van der Waals surface area contributed by atoms with Crippen molar-refractivity contribution in [3.63, 3.8) is 0 Å². The third-order valence-corrected chi connectivity index (χ3v) is 3.68. The van der Waals surface area contributed by atoms with Crippen LogP contribution in [0.3, 0.4) is 0 Å². The van der Waals surface area contributed by atoms with E-state index >= 15 is 0 Å². The molecule has 0 spiro atoms. The van der Waals surface area contributed by atoms with Gasteiger partial charge in [-0.05, 0) is 42.8 Å². The third-order valence-electron chi connectivity index (χ3n) is 3.19. The Hall–Kier alpha value is -2.07. The molecule has 0 aliphatic carbocycles. The van der Waals surface area contributed by atoms with E-state index in [0.29, 0.717) is 6.61 Å². The van der Waals surface area contributed by atoms with E-state index in [2.05, 4.69) is 21.0 Å². The lowest BCUT2D eigenvalue weighted by Gasteiger charge is -2.08. The van der Waals surface area contributed by atoms with Gasteiger partial charge >= 0.3 is 0 Å². The number of nitrogens with zero attached hydrogens (tertiary/aromatic N) is 2. The molecule has 106 valence electrons. The number of ether oxygens (including phenoxy) is 1. The van der Waals surface area contributed by atoms with E-state index < -0.39 is 0 Å². The molecular formula is C17H15BrN2O. The van der Waals surface area contributed by atoms with Crippen LogP contribution < -0.4 is 4.74 Å². The molecule has 0 aliphatic rings. The predicted octanol–water partition coefficient (Wildman–Crippen LogP) is 4.52. The van der Waals surface area contributed by atoms with Crippen molar-refractivity contribution in [2.75, 3.05) is 0 Å². The second-order valence-electron chi connectivity index (χ2n) is 4.79. The summed E-state index contributed by atoms with van der Waals surface area (Å²) >= 11 is 3.46. The number of halogens is 1. The van der Waals surface area contributed by atoms with Gasteiger partial charge in [0, 0.05) is 10.7 Å². The summed E-state index contributed by atoms with van der Waals surface area (Å²) < 4.78 is 8.71. The minimum Gasteiger partial charge on any atom is -0.487 e. The fourth-order valence-corrected chi connectivity index (χ4v) is 2.38. The molecule has 0 unspecified atom stereocenters. The molecule has 0 fully saturated rings. The zero-order chi connectivity index (χ0) is 14.7. The lowest BCUT2D eigenvalue weighted by atomic mass is 10.2. The van der Waals surface area contributed by atoms with Crippen molar-refractivity contribution < 1.29 is 4.74 Å². The summed E-state index contributed by atoms with van der Waals surface area (Å²) in [6.07, 6.45) is 1.95. The Morgan fingerprint density at radius 2 is 1.90 bits per heavy atom. The van der Waals surface area contributed by atoms with Crippen molar-refractivity contribution in [2.24, 2.45) is 0 Å². The van der Waals surface area contributed by atoms with Crippen molar-refractivity contribution in [1.29, 1.82) is 0 Å². The van der Waals surface area contributed by atoms with Crippen LogP contribution in [-0.4, -0.2) is 9.78 Å². The summed E-state index contributed by atoms with van der Waals surface area (Å²) in [5.74, 6) is 0.874. The Morgan fingerprint density at radius 1 is 1.10 bits per heavy atom. The SMILES string of the molecule is Cc1ccc(Br)cc1OCc1ccn(-c2ccccc2)n1. The summed E-state index contributed by atoms with van der Waals surface area (Å²) in [5.41, 5.74) is 3.06. The van der Waals surface area contributed by atoms with Crippen LogP contribution in [0.2, 0.25) is 0 Å². The Morgan fingerprint density at radius 3 is 2.71 bits per heavy atom. The molecule has 0 bridgehead atoms. The maximum atomic E-state index is 5.85. The molecule has 4 heteroatoms. The molecule has 0 saturated carbocycles. The van der Waals surface area contributed by atoms with Crippen LogP contribution in [-0.2, 0) is 6.61 Å². The molecule has 0 amide bonds. The summed E-state index contributed by atoms with van der Waals surface area (Å²) in [4.78, 5) is 0. The van der Waals surface area contributed by atoms with Crippen LogP contribution >= 0.6 is 15.9 Å². The van der Waals surface area contributed by atoms with Crippen molar-refractivity contribution in [1.82, 2.24) is 9.78 Å². The average Bonchev–Trinajstić information content (AvgIpc) is 2.98. The largest absolute Gasteiger partial charge is 0.487 e. The lowest BCUT2D eigenvalue weighted by Crippen LogP contribution is -2.00. The zero-order valence-electron chi connectivity index (χ0n) is 11.7. The quantitative estimate of drug-likeness (QED) is 0.696. The van der Waals surface area contributed by atoms with Gasteiger partial charge in [-0.1, -0.05) is 40.2 Å². The summed E-state index contributed by atoms with van der Waals surface area (Å²) in [6, 6.07) is 18.0. The highest BCUT2D eigenvalue weighted by Crippen LogP contribution is 2.23. The normalized spacial score (nSPS) is 10.6. The number of benzene rings is 2. The molecule has 21 heavy (non-hydrogen) atoms. The molecule has 0 N–H and O–H groups in total. The van der Waals surface area contributed by atoms with Crippen LogP contribution in [0.1, 0.15) is 11.3 Å². The smallest absolute Gasteiger partial charge is 0.132 e. The van der Waals surface area contributed by atoms with Gasteiger partial charge in [0.1, 0.15) is 18.1 Å². The fraction of sp³-hybridized carbons (Fsp3) is 0.118. The molecule has 0 saturated heterocycles. The highest BCUT2D eigenvalue weighted by atomic mass is 79.9. The predicted molar refractivity (Wildman–Crippen MR) is 86.8 cm³/mol. The van der Waals surface area contributed by atoms with E-state index in [-0.39, 0.29) is 0 Å². The van der Waals surface area contributed by atoms with Gasteiger partial charge in [0.05, 0.1) is 5.69 Å². The number of hydrogen-bond donors (Lipinski definition) is 0. The number of aromatic nitrogens is 2. The van der Waals surface area contributed by atoms with Gasteiger partial charge < -0.3 is 4.74 Å². The molecule has 0 radical (unpaired) electrons. The number of hydrogen-bond acceptors (Lipinski definition) is 2. The van der Waals surface area contributed by atoms with Gasteiger partial charge in [-0.25, -0.2) is 4.68 Å². The molecule has 1 heterocycles. The molecule has 3 rings (SSSR count). The van der Waals surface area contributed by atoms with E-state index in [1.165, 1.54) is 0 Å². The number of rotatable bonds is 4. The first-order chi connectivity index (χ1) is 10.2. The first kappa shape index (κ1) is 13.9. The number of aryl methyl sites for hydroxylation is 1. The van der Waals surface area contributed by atoms with Gasteiger partial charge in [-0.15, -0.1) is 0 Å². The molecule has 3 aromatic rings. The Balaban J connectivity index is 1.72. The highest BCUT2D eigenvalue weighted by Gasteiger charge is 2.04. The monoisotopic (exact) mass is 342 g/mol. The molecule has 0 aliphatic heterocycles. The van der Waals surface area contributed by atoms with Crippen molar-refractivity contribution in [2.45, 2.75) is 13.5 Å². The van der Waals surface area contributed by atoms with Crippen molar-refractivity contribution in [3.8, 4) is 11.4 Å². The van der Waals surface area contributed by atoms with Crippen LogP contribution in [0.5, 0.6) is 5.75 Å². The molecule has 1 aromatic heterocycles. The summed E-state index contributed by atoms with van der Waals surface area (Å²) in [5, 5.41) is 4.53. The van der Waals surface area contributed by atoms with Crippen LogP contribution in [0, 0.1) is 6.92 Å². The minimum absolute atomic E-state index is 0.455. The van der Waals surface area contributed by atoms with E-state index in [9.17, 15) is 0 Å². The van der Waals surface area contributed by atoms with Crippen LogP contribution in [0.15, 0.2) is 65.3 Å². The summed E-state index contributed by atoms with van der Waals surface area (Å²) in [7, 11) is 0. The Kier molecular flexibility index (Phi) is 4.06. The average molecular weight is 343 g/mol. The van der Waals surface area contributed by atoms with Crippen LogP contribution in [0.4, 0.5) is 0 Å². The second kappa shape index (κ2) is 6.14. The molecule has 2 aromatic carbocycles. The molecule has 0 atom stereocenters. The Labute approximate surface area is 132 Å². The van der Waals surface area contributed by atoms with Gasteiger partial charge in [-0.3, -0.25) is 0 Å². The van der Waals surface area contributed by atoms with Gasteiger partial charge in [0.25, 0.3) is 0 Å². The first-order valence-corrected chi connectivity index (χ1v) is 7.50. The minimum atomic E-state index is 0.455. The van der Waals surface area contributed by atoms with Gasteiger partial charge in [0.2, 0.25) is 0 Å². The fourth-order valence-electron chi connectivity index (χ4n) is 2.04. The highest BCUT2D eigenvalue weighted by molar-refractivity contribution is 9.10. The standard InChI is InChI=1S/C17H15BrN2O/c1-13-7-8-14(18)11-17(13)21-12-15-9-10-20(19-15)16-5-3-2-4-6-16/h2-11H,12H2,1H3. The van der Waals surface area contributed by atoms with Crippen molar-refractivity contribution >= 4 is 15.9 Å². The van der Waals surface area contributed by atoms with Gasteiger partial charge in [-0.2, -0.15) is 5.10 Å². The van der Waals surface area contributed by atoms with Crippen LogP contribution in [0.25, 0.3) is 5.69 Å². The molecule has 3 nitrogen and oxygen atoms in total. The molecular weight excluding hydrogens is 328 g/mol. The van der Waals surface area contributed by atoms with E-state index in [1.54, 1.807) is 0 Å². The summed E-state index contributed by atoms with van der Waals surface area (Å²) in [6.45, 7) is 2.49. The van der Waals surface area contributed by atoms with Crippen molar-refractivity contribution in [3.05, 3.63) is 76.5 Å². The maximum Gasteiger partial charge on any atom is 0.132 e. The Bertz CT molecular complexity index is 738. The van der Waals surface area contributed by atoms with E-state index in [1.807, 2.05) is 72.4 Å². The number of para-hydroxylation sites is 1. The first-order valence-electron chi connectivity index (χ1n) is 6.71. The topological polar surface area (TPSA) is 27.1 Å². The van der Waals surface area contributed by atoms with Gasteiger partial charge in [0.15, 0.2) is 0 Å². The second-order valence-corrected chi connectivity index (χ2v) is 5.70. The third kappa shape index (κ3) is 3.34. The zero-order valence-corrected chi connectivity index (χ0v) is 13.2. The van der Waals surface area contributed by atoms with E-state index in [0.717, 1.165) is 27.2 Å².